The minimum Gasteiger partial charge on any atom is -0.395 e. The Hall–Kier alpha value is -1.92. The Bertz CT molecular complexity index is 459. The molecule has 6 nitrogen and oxygen atoms in total. The van der Waals surface area contributed by atoms with Crippen LogP contribution in [-0.2, 0) is 16.1 Å². The molecule has 2 N–H and O–H groups in total. The molecule has 0 radical (unpaired) electrons. The summed E-state index contributed by atoms with van der Waals surface area (Å²) < 4.78 is 4.96. The molecule has 2 amide bonds. The molecule has 1 aromatic carbocycles. The zero-order valence-electron chi connectivity index (χ0n) is 12.5. The molecule has 0 aliphatic carbocycles. The number of hydrogen-bond acceptors (Lipinski definition) is 4. The molecule has 0 unspecified atom stereocenters. The normalized spacial score (nSPS) is 10.2. The van der Waals surface area contributed by atoms with E-state index in [-0.39, 0.29) is 25.0 Å². The molecule has 0 aliphatic heterocycles. The molecule has 116 valence electrons. The van der Waals surface area contributed by atoms with Gasteiger partial charge in [0.15, 0.2) is 0 Å². The number of carbonyl (C=O) groups excluding carboxylic acids is 2. The highest BCUT2D eigenvalue weighted by Crippen LogP contribution is 2.08. The van der Waals surface area contributed by atoms with Gasteiger partial charge < -0.3 is 20.1 Å². The predicted molar refractivity (Wildman–Crippen MR) is 78.8 cm³/mol. The first kappa shape index (κ1) is 17.1. The molecule has 0 atom stereocenters. The summed E-state index contributed by atoms with van der Waals surface area (Å²) in [5.41, 5.74) is 1.47. The summed E-state index contributed by atoms with van der Waals surface area (Å²) in [7, 11) is 1.57. The summed E-state index contributed by atoms with van der Waals surface area (Å²) in [6.45, 7) is 2.94. The smallest absolute Gasteiger partial charge is 0.254 e. The van der Waals surface area contributed by atoms with Crippen molar-refractivity contribution in [3.05, 3.63) is 35.4 Å². The predicted octanol–water partition coefficient (Wildman–Crippen LogP) is 0.404. The third-order valence-corrected chi connectivity index (χ3v) is 2.96. The number of amides is 2. The molecule has 0 heterocycles. The van der Waals surface area contributed by atoms with E-state index in [0.29, 0.717) is 25.3 Å². The molecule has 0 aromatic heterocycles. The topological polar surface area (TPSA) is 78.9 Å². The van der Waals surface area contributed by atoms with Crippen molar-refractivity contribution in [3.8, 4) is 0 Å². The monoisotopic (exact) mass is 294 g/mol. The summed E-state index contributed by atoms with van der Waals surface area (Å²) >= 11 is 0. The number of methoxy groups -OCH3 is 1. The van der Waals surface area contributed by atoms with Gasteiger partial charge in [-0.3, -0.25) is 9.59 Å². The molecule has 0 spiro atoms. The number of hydrogen-bond donors (Lipinski definition) is 2. The first-order valence-corrected chi connectivity index (χ1v) is 6.81. The second-order valence-corrected chi connectivity index (χ2v) is 4.62. The highest BCUT2D eigenvalue weighted by atomic mass is 16.5. The lowest BCUT2D eigenvalue weighted by Gasteiger charge is -2.21. The fourth-order valence-corrected chi connectivity index (χ4v) is 1.81. The van der Waals surface area contributed by atoms with Crippen LogP contribution in [0.5, 0.6) is 0 Å². The second-order valence-electron chi connectivity index (χ2n) is 4.62. The van der Waals surface area contributed by atoms with Crippen LogP contribution in [0.1, 0.15) is 22.8 Å². The van der Waals surface area contributed by atoms with E-state index in [1.54, 1.807) is 36.3 Å². The number of aliphatic hydroxyl groups excluding tert-OH is 1. The lowest BCUT2D eigenvalue weighted by Crippen LogP contribution is -2.36. The first-order valence-electron chi connectivity index (χ1n) is 6.81. The Labute approximate surface area is 124 Å². The van der Waals surface area contributed by atoms with Gasteiger partial charge in [0.25, 0.3) is 5.91 Å². The van der Waals surface area contributed by atoms with Crippen LogP contribution >= 0.6 is 0 Å². The third-order valence-electron chi connectivity index (χ3n) is 2.96. The Morgan fingerprint density at radius 3 is 2.43 bits per heavy atom. The van der Waals surface area contributed by atoms with Gasteiger partial charge in [-0.15, -0.1) is 0 Å². The Morgan fingerprint density at radius 2 is 1.90 bits per heavy atom. The van der Waals surface area contributed by atoms with E-state index in [1.807, 2.05) is 0 Å². The van der Waals surface area contributed by atoms with Crippen molar-refractivity contribution in [1.29, 1.82) is 0 Å². The van der Waals surface area contributed by atoms with Crippen LogP contribution in [0.3, 0.4) is 0 Å². The van der Waals surface area contributed by atoms with E-state index >= 15 is 0 Å². The molecule has 21 heavy (non-hydrogen) atoms. The standard InChI is InChI=1S/C15H22N2O4/c1-12(19)16-11-13-3-5-14(6-4-13)15(20)17(7-9-18)8-10-21-2/h3-6,18H,7-11H2,1-2H3,(H,16,19). The minimum atomic E-state index is -0.146. The quantitative estimate of drug-likeness (QED) is 0.727. The zero-order valence-corrected chi connectivity index (χ0v) is 12.5. The lowest BCUT2D eigenvalue weighted by molar-refractivity contribution is -0.119. The van der Waals surface area contributed by atoms with Gasteiger partial charge in [0.1, 0.15) is 0 Å². The van der Waals surface area contributed by atoms with Crippen LogP contribution in [0.25, 0.3) is 0 Å². The first-order chi connectivity index (χ1) is 10.1. The van der Waals surface area contributed by atoms with Crippen LogP contribution in [0, 0.1) is 0 Å². The van der Waals surface area contributed by atoms with Crippen molar-refractivity contribution < 1.29 is 19.4 Å². The van der Waals surface area contributed by atoms with Gasteiger partial charge in [0.2, 0.25) is 5.91 Å². The maximum absolute atomic E-state index is 12.3. The van der Waals surface area contributed by atoms with Crippen molar-refractivity contribution >= 4 is 11.8 Å². The number of benzene rings is 1. The maximum Gasteiger partial charge on any atom is 0.254 e. The Morgan fingerprint density at radius 1 is 1.24 bits per heavy atom. The number of ether oxygens (including phenoxy) is 1. The molecule has 0 saturated carbocycles. The number of carbonyl (C=O) groups is 2. The van der Waals surface area contributed by atoms with Crippen LogP contribution in [0.2, 0.25) is 0 Å². The van der Waals surface area contributed by atoms with E-state index < -0.39 is 0 Å². The zero-order chi connectivity index (χ0) is 15.7. The van der Waals surface area contributed by atoms with Crippen molar-refractivity contribution in [3.63, 3.8) is 0 Å². The number of aliphatic hydroxyl groups is 1. The van der Waals surface area contributed by atoms with Crippen LogP contribution in [-0.4, -0.2) is 55.2 Å². The molecule has 0 saturated heterocycles. The molecule has 0 fully saturated rings. The Kier molecular flexibility index (Phi) is 7.42. The van der Waals surface area contributed by atoms with Crippen molar-refractivity contribution in [1.82, 2.24) is 10.2 Å². The van der Waals surface area contributed by atoms with Gasteiger partial charge in [0.05, 0.1) is 13.2 Å². The molecule has 0 aliphatic rings. The second kappa shape index (κ2) is 9.10. The van der Waals surface area contributed by atoms with Crippen molar-refractivity contribution in [2.75, 3.05) is 33.4 Å². The van der Waals surface area contributed by atoms with E-state index in [9.17, 15) is 9.59 Å². The van der Waals surface area contributed by atoms with Gasteiger partial charge in [-0.2, -0.15) is 0 Å². The summed E-state index contributed by atoms with van der Waals surface area (Å²) in [5, 5.41) is 11.7. The largest absolute Gasteiger partial charge is 0.395 e. The summed E-state index contributed by atoms with van der Waals surface area (Å²) in [4.78, 5) is 24.7. The van der Waals surface area contributed by atoms with Gasteiger partial charge >= 0.3 is 0 Å². The minimum absolute atomic E-state index is 0.0872. The SMILES string of the molecule is COCCN(CCO)C(=O)c1ccc(CNC(C)=O)cc1. The van der Waals surface area contributed by atoms with Crippen molar-refractivity contribution in [2.24, 2.45) is 0 Å². The molecule has 1 rings (SSSR count). The number of nitrogens with one attached hydrogen (secondary N) is 1. The number of rotatable bonds is 8. The summed E-state index contributed by atoms with van der Waals surface area (Å²) in [6.07, 6.45) is 0. The summed E-state index contributed by atoms with van der Waals surface area (Å²) in [6, 6.07) is 7.04. The third kappa shape index (κ3) is 5.93. The molecular formula is C15H22N2O4. The summed E-state index contributed by atoms with van der Waals surface area (Å²) in [5.74, 6) is -0.240. The highest BCUT2D eigenvalue weighted by molar-refractivity contribution is 5.94. The lowest BCUT2D eigenvalue weighted by atomic mass is 10.1. The average Bonchev–Trinajstić information content (AvgIpc) is 2.49. The molecular weight excluding hydrogens is 272 g/mol. The van der Waals surface area contributed by atoms with E-state index in [1.165, 1.54) is 6.92 Å². The van der Waals surface area contributed by atoms with E-state index in [0.717, 1.165) is 5.56 Å². The van der Waals surface area contributed by atoms with Gasteiger partial charge in [-0.25, -0.2) is 0 Å². The van der Waals surface area contributed by atoms with Crippen LogP contribution < -0.4 is 5.32 Å². The van der Waals surface area contributed by atoms with Gasteiger partial charge in [0, 0.05) is 39.2 Å². The maximum atomic E-state index is 12.3. The van der Waals surface area contributed by atoms with Gasteiger partial charge in [-0.1, -0.05) is 12.1 Å². The van der Waals surface area contributed by atoms with Crippen LogP contribution in [0.15, 0.2) is 24.3 Å². The van der Waals surface area contributed by atoms with E-state index in [2.05, 4.69) is 5.32 Å². The molecule has 0 bridgehead atoms. The van der Waals surface area contributed by atoms with Crippen molar-refractivity contribution in [2.45, 2.75) is 13.5 Å². The van der Waals surface area contributed by atoms with Gasteiger partial charge in [-0.05, 0) is 17.7 Å². The fourth-order valence-electron chi connectivity index (χ4n) is 1.81. The molecule has 1 aromatic rings. The fraction of sp³-hybridized carbons (Fsp3) is 0.467. The van der Waals surface area contributed by atoms with Crippen LogP contribution in [0.4, 0.5) is 0 Å². The van der Waals surface area contributed by atoms with E-state index in [4.69, 9.17) is 9.84 Å². The average molecular weight is 294 g/mol. The number of nitrogens with zero attached hydrogens (tertiary/aromatic N) is 1. The molecule has 6 heteroatoms. The highest BCUT2D eigenvalue weighted by Gasteiger charge is 2.14. The Balaban J connectivity index is 2.69.